The molecule has 2 aromatic rings. The van der Waals surface area contributed by atoms with Crippen LogP contribution in [0.4, 0.5) is 0 Å². The predicted octanol–water partition coefficient (Wildman–Crippen LogP) is 2.12. The Kier molecular flexibility index (Phi) is 2.46. The number of rotatable bonds is 4. The second-order valence-corrected chi connectivity index (χ2v) is 4.24. The highest BCUT2D eigenvalue weighted by Crippen LogP contribution is 2.19. The number of hydrogen-bond donors (Lipinski definition) is 1. The lowest BCUT2D eigenvalue weighted by Crippen LogP contribution is -2.15. The van der Waals surface area contributed by atoms with Crippen molar-refractivity contribution in [3.8, 4) is 5.69 Å². The molecule has 1 aromatic heterocycles. The maximum atomic E-state index is 4.53. The number of benzene rings is 1. The highest BCUT2D eigenvalue weighted by atomic mass is 15.3. The van der Waals surface area contributed by atoms with Gasteiger partial charge in [0.15, 0.2) is 0 Å². The van der Waals surface area contributed by atoms with Crippen LogP contribution in [-0.2, 0) is 6.54 Å². The van der Waals surface area contributed by atoms with E-state index >= 15 is 0 Å². The summed E-state index contributed by atoms with van der Waals surface area (Å²) in [4.78, 5) is 0. The number of para-hydroxylation sites is 1. The summed E-state index contributed by atoms with van der Waals surface area (Å²) in [5.74, 6) is 0. The zero-order valence-electron chi connectivity index (χ0n) is 9.13. The van der Waals surface area contributed by atoms with Crippen molar-refractivity contribution < 1.29 is 0 Å². The van der Waals surface area contributed by atoms with Gasteiger partial charge in [-0.2, -0.15) is 5.10 Å². The molecule has 3 heteroatoms. The third kappa shape index (κ3) is 2.14. The van der Waals surface area contributed by atoms with Gasteiger partial charge in [-0.1, -0.05) is 18.2 Å². The van der Waals surface area contributed by atoms with Crippen molar-refractivity contribution in [2.24, 2.45) is 0 Å². The molecule has 16 heavy (non-hydrogen) atoms. The zero-order valence-corrected chi connectivity index (χ0v) is 9.13. The Morgan fingerprint density at radius 2 is 2.00 bits per heavy atom. The monoisotopic (exact) mass is 213 g/mol. The highest BCUT2D eigenvalue weighted by molar-refractivity contribution is 5.30. The van der Waals surface area contributed by atoms with Gasteiger partial charge in [-0.25, -0.2) is 4.68 Å². The first-order chi connectivity index (χ1) is 7.92. The van der Waals surface area contributed by atoms with Crippen molar-refractivity contribution in [3.63, 3.8) is 0 Å². The smallest absolute Gasteiger partial charge is 0.0766 e. The first kappa shape index (κ1) is 9.60. The Bertz CT molecular complexity index is 457. The third-order valence-electron chi connectivity index (χ3n) is 2.81. The molecule has 0 atom stereocenters. The Morgan fingerprint density at radius 3 is 2.75 bits per heavy atom. The van der Waals surface area contributed by atoms with E-state index in [9.17, 15) is 0 Å². The average Bonchev–Trinajstić information content (AvgIpc) is 3.05. The van der Waals surface area contributed by atoms with Gasteiger partial charge in [0, 0.05) is 18.8 Å². The fraction of sp³-hybridized carbons (Fsp3) is 0.308. The summed E-state index contributed by atoms with van der Waals surface area (Å²) in [5.41, 5.74) is 2.22. The second kappa shape index (κ2) is 4.10. The molecule has 0 saturated heterocycles. The summed E-state index contributed by atoms with van der Waals surface area (Å²) in [5, 5.41) is 8.00. The lowest BCUT2D eigenvalue weighted by atomic mass is 10.3. The minimum Gasteiger partial charge on any atom is -0.308 e. The Hall–Kier alpha value is -1.61. The SMILES string of the molecule is c1ccc(-n2ccc(CNC3CC3)n2)cc1. The summed E-state index contributed by atoms with van der Waals surface area (Å²) in [6.07, 6.45) is 4.65. The van der Waals surface area contributed by atoms with Crippen molar-refractivity contribution in [1.82, 2.24) is 15.1 Å². The molecule has 1 N–H and O–H groups in total. The lowest BCUT2D eigenvalue weighted by Gasteiger charge is -2.00. The number of nitrogens with one attached hydrogen (secondary N) is 1. The number of nitrogens with zero attached hydrogens (tertiary/aromatic N) is 2. The molecule has 0 radical (unpaired) electrons. The normalized spacial score (nSPS) is 15.2. The van der Waals surface area contributed by atoms with Crippen molar-refractivity contribution in [2.45, 2.75) is 25.4 Å². The molecule has 0 bridgehead atoms. The summed E-state index contributed by atoms with van der Waals surface area (Å²) in [7, 11) is 0. The van der Waals surface area contributed by atoms with Crippen LogP contribution in [0.3, 0.4) is 0 Å². The van der Waals surface area contributed by atoms with Gasteiger partial charge in [0.25, 0.3) is 0 Å². The molecule has 3 rings (SSSR count). The molecule has 0 spiro atoms. The van der Waals surface area contributed by atoms with Crippen molar-refractivity contribution in [3.05, 3.63) is 48.3 Å². The van der Waals surface area contributed by atoms with Gasteiger partial charge >= 0.3 is 0 Å². The molecule has 1 aliphatic carbocycles. The van der Waals surface area contributed by atoms with E-state index in [2.05, 4.69) is 28.6 Å². The summed E-state index contributed by atoms with van der Waals surface area (Å²) in [6, 6.07) is 13.0. The molecule has 0 unspecified atom stereocenters. The van der Waals surface area contributed by atoms with E-state index in [0.29, 0.717) is 0 Å². The summed E-state index contributed by atoms with van der Waals surface area (Å²) >= 11 is 0. The largest absolute Gasteiger partial charge is 0.308 e. The molecule has 82 valence electrons. The van der Waals surface area contributed by atoms with E-state index in [0.717, 1.165) is 24.0 Å². The standard InChI is InChI=1S/C13H15N3/c1-2-4-13(5-3-1)16-9-8-12(15-16)10-14-11-6-7-11/h1-5,8-9,11,14H,6-7,10H2. The topological polar surface area (TPSA) is 29.9 Å². The van der Waals surface area contributed by atoms with Crippen LogP contribution in [0.2, 0.25) is 0 Å². The minimum atomic E-state index is 0.738. The van der Waals surface area contributed by atoms with Crippen molar-refractivity contribution >= 4 is 0 Å². The maximum absolute atomic E-state index is 4.53. The quantitative estimate of drug-likeness (QED) is 0.843. The molecule has 0 aliphatic heterocycles. The summed E-state index contributed by atoms with van der Waals surface area (Å²) < 4.78 is 1.92. The minimum absolute atomic E-state index is 0.738. The van der Waals surface area contributed by atoms with Gasteiger partial charge in [0.1, 0.15) is 0 Å². The second-order valence-electron chi connectivity index (χ2n) is 4.24. The Labute approximate surface area is 95.1 Å². The van der Waals surface area contributed by atoms with E-state index in [4.69, 9.17) is 0 Å². The van der Waals surface area contributed by atoms with Crippen LogP contribution in [0.1, 0.15) is 18.5 Å². The first-order valence-corrected chi connectivity index (χ1v) is 5.75. The maximum Gasteiger partial charge on any atom is 0.0766 e. The van der Waals surface area contributed by atoms with E-state index in [1.165, 1.54) is 12.8 Å². The molecule has 1 saturated carbocycles. The fourth-order valence-corrected chi connectivity index (χ4v) is 1.72. The van der Waals surface area contributed by atoms with E-state index < -0.39 is 0 Å². The zero-order chi connectivity index (χ0) is 10.8. The van der Waals surface area contributed by atoms with Crippen LogP contribution in [-0.4, -0.2) is 15.8 Å². The van der Waals surface area contributed by atoms with E-state index in [1.54, 1.807) is 0 Å². The van der Waals surface area contributed by atoms with Crippen LogP contribution in [0.25, 0.3) is 5.69 Å². The van der Waals surface area contributed by atoms with Gasteiger partial charge < -0.3 is 5.32 Å². The van der Waals surface area contributed by atoms with Gasteiger partial charge in [-0.3, -0.25) is 0 Å². The number of hydrogen-bond acceptors (Lipinski definition) is 2. The molecule has 1 aromatic carbocycles. The number of aromatic nitrogens is 2. The van der Waals surface area contributed by atoms with Crippen molar-refractivity contribution in [2.75, 3.05) is 0 Å². The van der Waals surface area contributed by atoms with Gasteiger partial charge in [0.05, 0.1) is 11.4 Å². The van der Waals surface area contributed by atoms with Crippen LogP contribution < -0.4 is 5.32 Å². The summed E-state index contributed by atoms with van der Waals surface area (Å²) in [6.45, 7) is 0.879. The molecule has 3 nitrogen and oxygen atoms in total. The third-order valence-corrected chi connectivity index (χ3v) is 2.81. The van der Waals surface area contributed by atoms with E-state index in [-0.39, 0.29) is 0 Å². The molecule has 0 amide bonds. The molecule has 1 fully saturated rings. The Morgan fingerprint density at radius 1 is 1.19 bits per heavy atom. The van der Waals surface area contributed by atoms with Crippen molar-refractivity contribution in [1.29, 1.82) is 0 Å². The van der Waals surface area contributed by atoms with Gasteiger partial charge in [0.2, 0.25) is 0 Å². The predicted molar refractivity (Wildman–Crippen MR) is 63.4 cm³/mol. The molecule has 1 heterocycles. The average molecular weight is 213 g/mol. The fourth-order valence-electron chi connectivity index (χ4n) is 1.72. The molecule has 1 aliphatic rings. The first-order valence-electron chi connectivity index (χ1n) is 5.75. The molecular formula is C13H15N3. The van der Waals surface area contributed by atoms with Gasteiger partial charge in [-0.15, -0.1) is 0 Å². The van der Waals surface area contributed by atoms with Crippen LogP contribution in [0.15, 0.2) is 42.6 Å². The lowest BCUT2D eigenvalue weighted by molar-refractivity contribution is 0.665. The van der Waals surface area contributed by atoms with Crippen LogP contribution >= 0.6 is 0 Å². The van der Waals surface area contributed by atoms with Crippen LogP contribution in [0, 0.1) is 0 Å². The van der Waals surface area contributed by atoms with E-state index in [1.807, 2.05) is 29.1 Å². The Balaban J connectivity index is 1.71. The van der Waals surface area contributed by atoms with Crippen LogP contribution in [0.5, 0.6) is 0 Å². The highest BCUT2D eigenvalue weighted by Gasteiger charge is 2.20. The van der Waals surface area contributed by atoms with Gasteiger partial charge in [-0.05, 0) is 31.0 Å². The molecular weight excluding hydrogens is 198 g/mol.